The van der Waals surface area contributed by atoms with E-state index in [9.17, 15) is 5.11 Å². The van der Waals surface area contributed by atoms with Crippen LogP contribution in [-0.4, -0.2) is 18.2 Å². The second-order valence-corrected chi connectivity index (χ2v) is 8.61. The Morgan fingerprint density at radius 1 is 0.724 bits per heavy atom. The molecule has 0 radical (unpaired) electrons. The molecule has 3 aromatic carbocycles. The molecule has 2 N–H and O–H groups in total. The second-order valence-electron chi connectivity index (χ2n) is 8.61. The van der Waals surface area contributed by atoms with Gasteiger partial charge in [0.15, 0.2) is 0 Å². The zero-order valence-electron chi connectivity index (χ0n) is 16.9. The summed E-state index contributed by atoms with van der Waals surface area (Å²) < 4.78 is 0. The summed E-state index contributed by atoms with van der Waals surface area (Å²) in [5.41, 5.74) is 6.96. The Hall–Kier alpha value is -2.58. The molecule has 5 rings (SSSR count). The van der Waals surface area contributed by atoms with Crippen molar-refractivity contribution in [2.45, 2.75) is 43.4 Å². The molecule has 0 saturated carbocycles. The van der Waals surface area contributed by atoms with Crippen molar-refractivity contribution >= 4 is 0 Å². The first-order valence-corrected chi connectivity index (χ1v) is 11.0. The Balaban J connectivity index is 1.53. The van der Waals surface area contributed by atoms with Gasteiger partial charge in [-0.05, 0) is 90.6 Å². The van der Waals surface area contributed by atoms with E-state index in [-0.39, 0.29) is 0 Å². The first-order valence-electron chi connectivity index (χ1n) is 11.0. The topological polar surface area (TPSA) is 32.3 Å². The molecule has 0 spiro atoms. The lowest BCUT2D eigenvalue weighted by Gasteiger charge is -2.35. The minimum Gasteiger partial charge on any atom is -0.508 e. The molecular weight excluding hydrogens is 354 g/mol. The van der Waals surface area contributed by atoms with Crippen LogP contribution in [0.4, 0.5) is 0 Å². The summed E-state index contributed by atoms with van der Waals surface area (Å²) in [6.07, 6.45) is 4.60. The first-order chi connectivity index (χ1) is 14.3. The highest BCUT2D eigenvalue weighted by Gasteiger charge is 2.32. The van der Waals surface area contributed by atoms with E-state index in [0.29, 0.717) is 23.5 Å². The van der Waals surface area contributed by atoms with E-state index in [0.717, 1.165) is 25.9 Å². The van der Waals surface area contributed by atoms with Gasteiger partial charge in [-0.3, -0.25) is 0 Å². The predicted octanol–water partition coefficient (Wildman–Crippen LogP) is 5.72. The van der Waals surface area contributed by atoms with Crippen LogP contribution < -0.4 is 5.32 Å². The smallest absolute Gasteiger partial charge is 0.115 e. The SMILES string of the molecule is Oc1ccc2c(c1)CC[C@H](c1ccccc1)[C@@H]2c1ccc(C2CCNCC2)cc1. The maximum Gasteiger partial charge on any atom is 0.115 e. The molecule has 2 heteroatoms. The third-order valence-electron chi connectivity index (χ3n) is 6.92. The zero-order chi connectivity index (χ0) is 19.6. The Bertz CT molecular complexity index is 958. The first kappa shape index (κ1) is 18.4. The number of aryl methyl sites for hydroxylation is 1. The van der Waals surface area contributed by atoms with Gasteiger partial charge in [-0.1, -0.05) is 60.7 Å². The zero-order valence-corrected chi connectivity index (χ0v) is 16.9. The summed E-state index contributed by atoms with van der Waals surface area (Å²) in [5.74, 6) is 1.87. The van der Waals surface area contributed by atoms with Crippen LogP contribution in [0, 0.1) is 0 Å². The van der Waals surface area contributed by atoms with Crippen molar-refractivity contribution in [3.63, 3.8) is 0 Å². The van der Waals surface area contributed by atoms with Crippen LogP contribution in [0.25, 0.3) is 0 Å². The van der Waals surface area contributed by atoms with Crippen LogP contribution in [0.5, 0.6) is 5.75 Å². The van der Waals surface area contributed by atoms with Crippen LogP contribution in [0.2, 0.25) is 0 Å². The quantitative estimate of drug-likeness (QED) is 0.606. The molecule has 1 heterocycles. The fourth-order valence-electron chi connectivity index (χ4n) is 5.41. The third-order valence-corrected chi connectivity index (χ3v) is 6.92. The molecule has 2 atom stereocenters. The van der Waals surface area contributed by atoms with Gasteiger partial charge in [-0.2, -0.15) is 0 Å². The van der Waals surface area contributed by atoms with E-state index in [2.05, 4.69) is 66.0 Å². The standard InChI is InChI=1S/C27H29NO/c29-24-11-13-26-23(18-24)10-12-25(21-4-2-1-3-5-21)27(26)22-8-6-19(7-9-22)20-14-16-28-17-15-20/h1-9,11,13,18,20,25,27-29H,10,12,14-17H2/t25-,27+/m1/s1. The fraction of sp³-hybridized carbons (Fsp3) is 0.333. The molecule has 148 valence electrons. The number of nitrogens with one attached hydrogen (secondary N) is 1. The number of hydrogen-bond donors (Lipinski definition) is 2. The number of phenols is 1. The summed E-state index contributed by atoms with van der Waals surface area (Å²) in [6.45, 7) is 2.25. The van der Waals surface area contributed by atoms with E-state index < -0.39 is 0 Å². The number of phenolic OH excluding ortho intramolecular Hbond substituents is 1. The lowest BCUT2D eigenvalue weighted by atomic mass is 9.69. The highest BCUT2D eigenvalue weighted by Crippen LogP contribution is 2.47. The van der Waals surface area contributed by atoms with Crippen LogP contribution in [0.3, 0.4) is 0 Å². The normalized spacial score (nSPS) is 22.2. The molecule has 0 aromatic heterocycles. The Kier molecular flexibility index (Phi) is 5.12. The lowest BCUT2D eigenvalue weighted by molar-refractivity contribution is 0.460. The number of piperidine rings is 1. The maximum absolute atomic E-state index is 10.0. The average Bonchev–Trinajstić information content (AvgIpc) is 2.79. The van der Waals surface area contributed by atoms with Crippen molar-refractivity contribution in [1.82, 2.24) is 5.32 Å². The highest BCUT2D eigenvalue weighted by atomic mass is 16.3. The summed E-state index contributed by atoms with van der Waals surface area (Å²) >= 11 is 0. The van der Waals surface area contributed by atoms with Crippen LogP contribution in [0.1, 0.15) is 64.8 Å². The van der Waals surface area contributed by atoms with E-state index in [1.807, 2.05) is 12.1 Å². The minimum atomic E-state index is 0.337. The molecule has 1 aliphatic heterocycles. The molecule has 3 aromatic rings. The monoisotopic (exact) mass is 383 g/mol. The minimum absolute atomic E-state index is 0.337. The van der Waals surface area contributed by atoms with E-state index in [1.165, 1.54) is 40.7 Å². The van der Waals surface area contributed by atoms with E-state index in [1.54, 1.807) is 0 Å². The number of fused-ring (bicyclic) bond motifs is 1. The number of hydrogen-bond acceptors (Lipinski definition) is 2. The van der Waals surface area contributed by atoms with Gasteiger partial charge < -0.3 is 10.4 Å². The summed E-state index contributed by atoms with van der Waals surface area (Å²) in [7, 11) is 0. The molecule has 29 heavy (non-hydrogen) atoms. The van der Waals surface area contributed by atoms with E-state index in [4.69, 9.17) is 0 Å². The van der Waals surface area contributed by atoms with Gasteiger partial charge in [-0.25, -0.2) is 0 Å². The van der Waals surface area contributed by atoms with Crippen molar-refractivity contribution in [3.8, 4) is 5.75 Å². The summed E-state index contributed by atoms with van der Waals surface area (Å²) in [4.78, 5) is 0. The van der Waals surface area contributed by atoms with E-state index >= 15 is 0 Å². The van der Waals surface area contributed by atoms with Gasteiger partial charge in [0.25, 0.3) is 0 Å². The Morgan fingerprint density at radius 3 is 2.21 bits per heavy atom. The molecule has 0 unspecified atom stereocenters. The van der Waals surface area contributed by atoms with Crippen molar-refractivity contribution in [1.29, 1.82) is 0 Å². The summed E-state index contributed by atoms with van der Waals surface area (Å²) in [5, 5.41) is 13.5. The molecule has 1 aliphatic carbocycles. The van der Waals surface area contributed by atoms with Crippen molar-refractivity contribution in [2.24, 2.45) is 0 Å². The molecule has 2 aliphatic rings. The Morgan fingerprint density at radius 2 is 1.45 bits per heavy atom. The van der Waals surface area contributed by atoms with Crippen LogP contribution in [-0.2, 0) is 6.42 Å². The number of aromatic hydroxyl groups is 1. The van der Waals surface area contributed by atoms with Crippen LogP contribution in [0.15, 0.2) is 72.8 Å². The van der Waals surface area contributed by atoms with Gasteiger partial charge in [-0.15, -0.1) is 0 Å². The van der Waals surface area contributed by atoms with Crippen molar-refractivity contribution in [3.05, 3.63) is 101 Å². The van der Waals surface area contributed by atoms with Gasteiger partial charge in [0.2, 0.25) is 0 Å². The summed E-state index contributed by atoms with van der Waals surface area (Å²) in [6, 6.07) is 26.3. The van der Waals surface area contributed by atoms with Gasteiger partial charge in [0.05, 0.1) is 0 Å². The molecule has 2 nitrogen and oxygen atoms in total. The number of rotatable bonds is 3. The maximum atomic E-state index is 10.0. The second kappa shape index (κ2) is 8.04. The van der Waals surface area contributed by atoms with Gasteiger partial charge >= 0.3 is 0 Å². The molecule has 1 saturated heterocycles. The Labute approximate surface area is 173 Å². The average molecular weight is 384 g/mol. The largest absolute Gasteiger partial charge is 0.508 e. The lowest BCUT2D eigenvalue weighted by Crippen LogP contribution is -2.26. The third kappa shape index (κ3) is 3.70. The fourth-order valence-corrected chi connectivity index (χ4v) is 5.41. The molecule has 0 amide bonds. The molecule has 1 fully saturated rings. The van der Waals surface area contributed by atoms with Crippen molar-refractivity contribution in [2.75, 3.05) is 13.1 Å². The predicted molar refractivity (Wildman–Crippen MR) is 119 cm³/mol. The van der Waals surface area contributed by atoms with Crippen molar-refractivity contribution < 1.29 is 5.11 Å². The van der Waals surface area contributed by atoms with Gasteiger partial charge in [0, 0.05) is 5.92 Å². The number of benzene rings is 3. The molecular formula is C27H29NO. The highest BCUT2D eigenvalue weighted by molar-refractivity contribution is 5.47. The molecule has 0 bridgehead atoms. The van der Waals surface area contributed by atoms with Gasteiger partial charge in [0.1, 0.15) is 5.75 Å². The van der Waals surface area contributed by atoms with Crippen LogP contribution >= 0.6 is 0 Å².